The molecule has 0 radical (unpaired) electrons. The molecular formula is C15H12S2. The van der Waals surface area contributed by atoms with Crippen molar-refractivity contribution < 1.29 is 0 Å². The minimum absolute atomic E-state index is 0.740. The summed E-state index contributed by atoms with van der Waals surface area (Å²) in [6, 6.07) is 18.0. The predicted molar refractivity (Wildman–Crippen MR) is 81.0 cm³/mol. The monoisotopic (exact) mass is 256 g/mol. The molecular weight excluding hydrogens is 244 g/mol. The summed E-state index contributed by atoms with van der Waals surface area (Å²) in [6.45, 7) is 2.06. The van der Waals surface area contributed by atoms with E-state index >= 15 is 0 Å². The van der Waals surface area contributed by atoms with Gasteiger partial charge in [-0.1, -0.05) is 84.6 Å². The molecule has 0 fully saturated rings. The number of aryl methyl sites for hydroxylation is 1. The van der Waals surface area contributed by atoms with Crippen molar-refractivity contribution in [3.63, 3.8) is 0 Å². The zero-order valence-electron chi connectivity index (χ0n) is 9.51. The van der Waals surface area contributed by atoms with Crippen LogP contribution in [0.4, 0.5) is 0 Å². The largest absolute Gasteiger partial charge is 0.0778 e. The van der Waals surface area contributed by atoms with Gasteiger partial charge in [0, 0.05) is 0 Å². The molecule has 2 aromatic rings. The summed E-state index contributed by atoms with van der Waals surface area (Å²) in [5, 5.41) is 0. The molecule has 0 aromatic heterocycles. The molecule has 0 heterocycles. The van der Waals surface area contributed by atoms with Gasteiger partial charge in [-0.05, 0) is 18.1 Å². The first-order chi connectivity index (χ1) is 8.18. The van der Waals surface area contributed by atoms with E-state index in [0.29, 0.717) is 0 Å². The Morgan fingerprint density at radius 2 is 1.18 bits per heavy atom. The minimum Gasteiger partial charge on any atom is -0.0778 e. The second-order valence-corrected chi connectivity index (χ2v) is 4.71. The number of thiocarbonyl (C=S) groups is 2. The lowest BCUT2D eigenvalue weighted by atomic mass is 10.0. The van der Waals surface area contributed by atoms with Crippen LogP contribution in [0.15, 0.2) is 54.6 Å². The summed E-state index contributed by atoms with van der Waals surface area (Å²) < 4.78 is 0. The van der Waals surface area contributed by atoms with E-state index in [-0.39, 0.29) is 0 Å². The molecule has 0 aliphatic rings. The van der Waals surface area contributed by atoms with Crippen molar-refractivity contribution in [1.29, 1.82) is 0 Å². The zero-order valence-corrected chi connectivity index (χ0v) is 11.1. The van der Waals surface area contributed by atoms with Gasteiger partial charge >= 0.3 is 0 Å². The number of hydrogen-bond acceptors (Lipinski definition) is 2. The molecule has 17 heavy (non-hydrogen) atoms. The van der Waals surface area contributed by atoms with Crippen LogP contribution in [-0.4, -0.2) is 9.73 Å². The highest BCUT2D eigenvalue weighted by Gasteiger charge is 2.09. The van der Waals surface area contributed by atoms with E-state index in [2.05, 4.69) is 19.1 Å². The van der Waals surface area contributed by atoms with Gasteiger partial charge in [-0.2, -0.15) is 0 Å². The normalized spacial score (nSPS) is 9.94. The third-order valence-corrected chi connectivity index (χ3v) is 3.56. The average Bonchev–Trinajstić information content (AvgIpc) is 2.39. The fourth-order valence-electron chi connectivity index (χ4n) is 1.56. The molecule has 84 valence electrons. The highest BCUT2D eigenvalue weighted by Crippen LogP contribution is 2.11. The third-order valence-electron chi connectivity index (χ3n) is 2.56. The second kappa shape index (κ2) is 5.30. The highest BCUT2D eigenvalue weighted by atomic mass is 32.1. The van der Waals surface area contributed by atoms with Crippen LogP contribution in [0.5, 0.6) is 0 Å². The Hall–Kier alpha value is -1.38. The maximum atomic E-state index is 5.43. The number of benzene rings is 2. The van der Waals surface area contributed by atoms with E-state index in [0.717, 1.165) is 20.9 Å². The van der Waals surface area contributed by atoms with Gasteiger partial charge in [-0.15, -0.1) is 0 Å². The first-order valence-electron chi connectivity index (χ1n) is 5.39. The Kier molecular flexibility index (Phi) is 3.77. The fourth-order valence-corrected chi connectivity index (χ4v) is 2.06. The van der Waals surface area contributed by atoms with Gasteiger partial charge in [0.2, 0.25) is 0 Å². The van der Waals surface area contributed by atoms with Crippen LogP contribution in [0, 0.1) is 6.92 Å². The van der Waals surface area contributed by atoms with Crippen molar-refractivity contribution in [1.82, 2.24) is 0 Å². The molecule has 0 aliphatic heterocycles. The van der Waals surface area contributed by atoms with Gasteiger partial charge < -0.3 is 0 Å². The van der Waals surface area contributed by atoms with E-state index < -0.39 is 0 Å². The van der Waals surface area contributed by atoms with Crippen molar-refractivity contribution >= 4 is 34.2 Å². The quantitative estimate of drug-likeness (QED) is 0.598. The van der Waals surface area contributed by atoms with E-state index in [1.165, 1.54) is 5.56 Å². The van der Waals surface area contributed by atoms with Gasteiger partial charge in [0.1, 0.15) is 0 Å². The van der Waals surface area contributed by atoms with Gasteiger partial charge in [-0.25, -0.2) is 0 Å². The Balaban J connectivity index is 2.27. The smallest absolute Gasteiger partial charge is 0.0636 e. The van der Waals surface area contributed by atoms with Crippen molar-refractivity contribution in [2.75, 3.05) is 0 Å². The summed E-state index contributed by atoms with van der Waals surface area (Å²) in [6.07, 6.45) is 0. The Bertz CT molecular complexity index is 539. The summed E-state index contributed by atoms with van der Waals surface area (Å²) in [7, 11) is 0. The summed E-state index contributed by atoms with van der Waals surface area (Å²) in [4.78, 5) is 1.48. The molecule has 0 N–H and O–H groups in total. The Morgan fingerprint density at radius 3 is 1.71 bits per heavy atom. The highest BCUT2D eigenvalue weighted by molar-refractivity contribution is 7.90. The molecule has 0 bridgehead atoms. The van der Waals surface area contributed by atoms with Crippen molar-refractivity contribution in [3.8, 4) is 0 Å². The molecule has 0 nitrogen and oxygen atoms in total. The number of rotatable bonds is 3. The average molecular weight is 256 g/mol. The van der Waals surface area contributed by atoms with E-state index in [4.69, 9.17) is 24.4 Å². The summed E-state index contributed by atoms with van der Waals surface area (Å²) in [5.74, 6) is 0. The summed E-state index contributed by atoms with van der Waals surface area (Å²) >= 11 is 10.8. The van der Waals surface area contributed by atoms with E-state index in [1.54, 1.807) is 0 Å². The third kappa shape index (κ3) is 2.84. The first-order valence-corrected chi connectivity index (χ1v) is 6.21. The maximum Gasteiger partial charge on any atom is 0.0636 e. The van der Waals surface area contributed by atoms with E-state index in [1.807, 2.05) is 42.5 Å². The van der Waals surface area contributed by atoms with Crippen LogP contribution in [-0.2, 0) is 0 Å². The topological polar surface area (TPSA) is 0 Å². The molecule has 2 heteroatoms. The van der Waals surface area contributed by atoms with Crippen LogP contribution in [0.2, 0.25) is 0 Å². The molecule has 0 saturated carbocycles. The first kappa shape index (κ1) is 12.1. The van der Waals surface area contributed by atoms with Gasteiger partial charge in [-0.3, -0.25) is 0 Å². The second-order valence-electron chi connectivity index (χ2n) is 3.89. The minimum atomic E-state index is 0.740. The van der Waals surface area contributed by atoms with Crippen molar-refractivity contribution in [2.24, 2.45) is 0 Å². The van der Waals surface area contributed by atoms with Crippen LogP contribution in [0.25, 0.3) is 0 Å². The lowest BCUT2D eigenvalue weighted by Gasteiger charge is -2.06. The number of hydrogen-bond donors (Lipinski definition) is 0. The predicted octanol–water partition coefficient (Wildman–Crippen LogP) is 4.13. The molecule has 0 amide bonds. The maximum absolute atomic E-state index is 5.43. The van der Waals surface area contributed by atoms with Crippen LogP contribution < -0.4 is 0 Å². The van der Waals surface area contributed by atoms with Gasteiger partial charge in [0.25, 0.3) is 0 Å². The van der Waals surface area contributed by atoms with Crippen LogP contribution in [0.3, 0.4) is 0 Å². The van der Waals surface area contributed by atoms with Crippen LogP contribution in [0.1, 0.15) is 16.7 Å². The van der Waals surface area contributed by atoms with Gasteiger partial charge in [0.15, 0.2) is 0 Å². The summed E-state index contributed by atoms with van der Waals surface area (Å²) in [5.41, 5.74) is 3.25. The van der Waals surface area contributed by atoms with Crippen molar-refractivity contribution in [2.45, 2.75) is 6.92 Å². The fraction of sp³-hybridized carbons (Fsp3) is 0.0667. The molecule has 0 atom stereocenters. The lowest BCUT2D eigenvalue weighted by molar-refractivity contribution is 1.47. The van der Waals surface area contributed by atoms with Crippen LogP contribution >= 0.6 is 24.4 Å². The molecule has 2 aromatic carbocycles. The zero-order chi connectivity index (χ0) is 12.3. The molecule has 0 saturated heterocycles. The Labute approximate surface area is 112 Å². The van der Waals surface area contributed by atoms with E-state index in [9.17, 15) is 0 Å². The molecule has 0 aliphatic carbocycles. The van der Waals surface area contributed by atoms with Crippen molar-refractivity contribution in [3.05, 3.63) is 71.3 Å². The van der Waals surface area contributed by atoms with Gasteiger partial charge in [0.05, 0.1) is 9.73 Å². The molecule has 0 unspecified atom stereocenters. The Morgan fingerprint density at radius 1 is 0.706 bits per heavy atom. The lowest BCUT2D eigenvalue weighted by Crippen LogP contribution is -2.11. The molecule has 2 rings (SSSR count). The molecule has 0 spiro atoms. The SMILES string of the molecule is Cc1ccc(C(=S)C(=S)c2ccccc2)cc1. The standard InChI is InChI=1S/C15H12S2/c1-11-7-9-13(10-8-11)15(17)14(16)12-5-3-2-4-6-12/h2-10H,1H3.